The van der Waals surface area contributed by atoms with Gasteiger partial charge in [0.05, 0.1) is 19.8 Å². The quantitative estimate of drug-likeness (QED) is 0.134. The van der Waals surface area contributed by atoms with Crippen LogP contribution in [0, 0.1) is 0 Å². The molecule has 0 aromatic heterocycles. The van der Waals surface area contributed by atoms with Crippen LogP contribution in [0.2, 0.25) is 0 Å². The van der Waals surface area contributed by atoms with Crippen molar-refractivity contribution in [3.05, 3.63) is 46.7 Å². The van der Waals surface area contributed by atoms with Gasteiger partial charge in [0.2, 0.25) is 5.91 Å². The average molecular weight is 553 g/mol. The third kappa shape index (κ3) is 12.4. The zero-order chi connectivity index (χ0) is 28.3. The van der Waals surface area contributed by atoms with E-state index in [1.165, 1.54) is 56.9 Å². The SMILES string of the molecule is CCCCCCC[C@@H](C/C=C/CCC(=O)NC/C(=C\Cl)C/C(C)=C\C(=O)N1C(=O)C=C(OC)[C@@H]1CO)OC. The molecule has 0 radical (unpaired) electrons. The normalized spacial score (nSPS) is 17.2. The smallest absolute Gasteiger partial charge is 0.257 e. The van der Waals surface area contributed by atoms with Gasteiger partial charge in [0, 0.05) is 37.8 Å². The van der Waals surface area contributed by atoms with Crippen LogP contribution >= 0.6 is 11.6 Å². The molecule has 8 nitrogen and oxygen atoms in total. The fraction of sp³-hybridized carbons (Fsp3) is 0.621. The largest absolute Gasteiger partial charge is 0.499 e. The molecular formula is C29H45ClN2O6. The second-order valence-electron chi connectivity index (χ2n) is 9.51. The fourth-order valence-electron chi connectivity index (χ4n) is 4.21. The minimum atomic E-state index is -0.837. The Balaban J connectivity index is 2.40. The molecule has 1 rings (SSSR count). The highest BCUT2D eigenvalue weighted by molar-refractivity contribution is 6.25. The van der Waals surface area contributed by atoms with Crippen LogP contribution in [-0.2, 0) is 23.9 Å². The maximum Gasteiger partial charge on any atom is 0.257 e. The van der Waals surface area contributed by atoms with Crippen molar-refractivity contribution < 1.29 is 29.0 Å². The maximum absolute atomic E-state index is 12.6. The first-order valence-electron chi connectivity index (χ1n) is 13.4. The molecule has 0 bridgehead atoms. The van der Waals surface area contributed by atoms with Crippen molar-refractivity contribution in [3.8, 4) is 0 Å². The Morgan fingerprint density at radius 1 is 1.21 bits per heavy atom. The monoisotopic (exact) mass is 552 g/mol. The Bertz CT molecular complexity index is 880. The lowest BCUT2D eigenvalue weighted by molar-refractivity contribution is -0.140. The van der Waals surface area contributed by atoms with E-state index in [1.54, 1.807) is 14.0 Å². The van der Waals surface area contributed by atoms with E-state index in [0.717, 1.165) is 23.3 Å². The van der Waals surface area contributed by atoms with E-state index in [-0.39, 0.29) is 24.3 Å². The number of hydrogen-bond donors (Lipinski definition) is 2. The van der Waals surface area contributed by atoms with Gasteiger partial charge in [-0.15, -0.1) is 0 Å². The number of halogens is 1. The van der Waals surface area contributed by atoms with E-state index in [4.69, 9.17) is 21.1 Å². The Hall–Kier alpha value is -2.42. The minimum Gasteiger partial charge on any atom is -0.499 e. The molecule has 0 saturated heterocycles. The summed E-state index contributed by atoms with van der Waals surface area (Å²) in [5.41, 5.74) is 2.77. The van der Waals surface area contributed by atoms with Crippen LogP contribution in [-0.4, -0.2) is 67.2 Å². The maximum atomic E-state index is 12.6. The number of hydrogen-bond acceptors (Lipinski definition) is 6. The number of aliphatic hydroxyl groups excluding tert-OH is 1. The van der Waals surface area contributed by atoms with Crippen LogP contribution in [0.4, 0.5) is 0 Å². The van der Waals surface area contributed by atoms with Crippen LogP contribution in [0.25, 0.3) is 0 Å². The Morgan fingerprint density at radius 2 is 1.95 bits per heavy atom. The molecule has 9 heteroatoms. The number of nitrogens with one attached hydrogen (secondary N) is 1. The van der Waals surface area contributed by atoms with Crippen molar-refractivity contribution in [2.75, 3.05) is 27.4 Å². The van der Waals surface area contributed by atoms with E-state index in [9.17, 15) is 19.5 Å². The number of allylic oxidation sites excluding steroid dienone is 2. The number of nitrogens with zero attached hydrogens (tertiary/aromatic N) is 1. The van der Waals surface area contributed by atoms with Gasteiger partial charge < -0.3 is 19.9 Å². The molecule has 0 spiro atoms. The third-order valence-electron chi connectivity index (χ3n) is 6.40. The van der Waals surface area contributed by atoms with Crippen molar-refractivity contribution in [3.63, 3.8) is 0 Å². The molecule has 214 valence electrons. The van der Waals surface area contributed by atoms with E-state index in [1.807, 2.05) is 6.08 Å². The first-order valence-corrected chi connectivity index (χ1v) is 13.9. The average Bonchev–Trinajstić information content (AvgIpc) is 3.24. The first kappa shape index (κ1) is 33.6. The molecule has 0 aromatic carbocycles. The van der Waals surface area contributed by atoms with E-state index >= 15 is 0 Å². The molecule has 0 aromatic rings. The molecule has 1 aliphatic rings. The molecular weight excluding hydrogens is 508 g/mol. The molecule has 1 aliphatic heterocycles. The van der Waals surface area contributed by atoms with Crippen molar-refractivity contribution in [2.45, 2.75) is 90.2 Å². The number of imide groups is 1. The molecule has 0 saturated carbocycles. The van der Waals surface area contributed by atoms with Crippen molar-refractivity contribution in [2.24, 2.45) is 0 Å². The molecule has 38 heavy (non-hydrogen) atoms. The van der Waals surface area contributed by atoms with Crippen LogP contribution in [0.1, 0.15) is 78.1 Å². The van der Waals surface area contributed by atoms with Gasteiger partial charge in [-0.1, -0.05) is 68.4 Å². The first-order chi connectivity index (χ1) is 18.3. The number of ether oxygens (including phenoxy) is 2. The van der Waals surface area contributed by atoms with Crippen LogP contribution < -0.4 is 5.32 Å². The number of methoxy groups -OCH3 is 2. The summed E-state index contributed by atoms with van der Waals surface area (Å²) in [5.74, 6) is -0.933. The van der Waals surface area contributed by atoms with Gasteiger partial charge in [-0.3, -0.25) is 19.3 Å². The fourth-order valence-corrected chi connectivity index (χ4v) is 4.37. The molecule has 1 heterocycles. The van der Waals surface area contributed by atoms with E-state index in [2.05, 4.69) is 18.3 Å². The van der Waals surface area contributed by atoms with Crippen LogP contribution in [0.15, 0.2) is 46.7 Å². The van der Waals surface area contributed by atoms with Gasteiger partial charge in [-0.25, -0.2) is 0 Å². The lowest BCUT2D eigenvalue weighted by Crippen LogP contribution is -2.42. The second-order valence-corrected chi connectivity index (χ2v) is 9.73. The molecule has 3 amide bonds. The van der Waals surface area contributed by atoms with Crippen LogP contribution in [0.5, 0.6) is 0 Å². The van der Waals surface area contributed by atoms with Crippen molar-refractivity contribution >= 4 is 29.3 Å². The van der Waals surface area contributed by atoms with Crippen LogP contribution in [0.3, 0.4) is 0 Å². The number of amides is 3. The number of rotatable bonds is 19. The van der Waals surface area contributed by atoms with Gasteiger partial charge in [0.25, 0.3) is 11.8 Å². The standard InChI is InChI=1S/C29H45ClN2O6/c1-5-6-7-8-10-13-24(37-3)14-11-9-12-15-27(34)31-20-23(19-30)16-22(2)17-28(35)32-25(21-33)26(38-4)18-29(32)36/h9,11,17-19,24-25,33H,5-8,10,12-16,20-21H2,1-4H3,(H,31,34)/b11-9+,22-17-,23-19-/t24-,25-/m0/s1. The summed E-state index contributed by atoms with van der Waals surface area (Å²) < 4.78 is 10.6. The number of carbonyl (C=O) groups is 3. The number of carbonyl (C=O) groups excluding carboxylic acids is 3. The molecule has 0 unspecified atom stereocenters. The van der Waals surface area contributed by atoms with Gasteiger partial charge in [0.1, 0.15) is 11.8 Å². The zero-order valence-corrected chi connectivity index (χ0v) is 24.1. The summed E-state index contributed by atoms with van der Waals surface area (Å²) in [4.78, 5) is 38.0. The van der Waals surface area contributed by atoms with E-state index in [0.29, 0.717) is 24.8 Å². The molecule has 0 fully saturated rings. The highest BCUT2D eigenvalue weighted by Gasteiger charge is 2.37. The van der Waals surface area contributed by atoms with Crippen molar-refractivity contribution in [1.82, 2.24) is 10.2 Å². The lowest BCUT2D eigenvalue weighted by Gasteiger charge is -2.22. The summed E-state index contributed by atoms with van der Waals surface area (Å²) in [6, 6.07) is -0.837. The highest BCUT2D eigenvalue weighted by atomic mass is 35.5. The second kappa shape index (κ2) is 19.6. The van der Waals surface area contributed by atoms with Gasteiger partial charge >= 0.3 is 0 Å². The number of unbranched alkanes of at least 4 members (excludes halogenated alkanes) is 4. The van der Waals surface area contributed by atoms with E-state index < -0.39 is 24.5 Å². The molecule has 0 aliphatic carbocycles. The Labute approximate surface area is 232 Å². The zero-order valence-electron chi connectivity index (χ0n) is 23.3. The summed E-state index contributed by atoms with van der Waals surface area (Å²) in [7, 11) is 3.13. The topological polar surface area (TPSA) is 105 Å². The molecule has 2 atom stereocenters. The molecule has 2 N–H and O–H groups in total. The minimum absolute atomic E-state index is 0.0887. The Kier molecular flexibility index (Phi) is 17.4. The predicted octanol–water partition coefficient (Wildman–Crippen LogP) is 4.92. The highest BCUT2D eigenvalue weighted by Crippen LogP contribution is 2.21. The van der Waals surface area contributed by atoms with Crippen molar-refractivity contribution in [1.29, 1.82) is 0 Å². The Morgan fingerprint density at radius 3 is 2.58 bits per heavy atom. The summed E-state index contributed by atoms with van der Waals surface area (Å²) >= 11 is 5.94. The van der Waals surface area contributed by atoms with Gasteiger partial charge in [0.15, 0.2) is 0 Å². The summed E-state index contributed by atoms with van der Waals surface area (Å²) in [6.45, 7) is 3.78. The third-order valence-corrected chi connectivity index (χ3v) is 6.71. The summed E-state index contributed by atoms with van der Waals surface area (Å²) in [6.07, 6.45) is 16.3. The number of aliphatic hydroxyl groups is 1. The van der Waals surface area contributed by atoms with Gasteiger partial charge in [-0.2, -0.15) is 0 Å². The van der Waals surface area contributed by atoms with Gasteiger partial charge in [-0.05, 0) is 38.2 Å². The predicted molar refractivity (Wildman–Crippen MR) is 150 cm³/mol. The lowest BCUT2D eigenvalue weighted by atomic mass is 10.1. The summed E-state index contributed by atoms with van der Waals surface area (Å²) in [5, 5.41) is 12.4.